The number of para-hydroxylation sites is 1. The van der Waals surface area contributed by atoms with Crippen LogP contribution in [-0.4, -0.2) is 0 Å². The molecule has 89 heavy (non-hydrogen) atoms. The molecular formula is C83H68F2N2OS. The summed E-state index contributed by atoms with van der Waals surface area (Å²) in [5, 5.41) is 3.05. The lowest BCUT2D eigenvalue weighted by Crippen LogP contribution is -2.37. The Balaban J connectivity index is 1.13. The maximum Gasteiger partial charge on any atom is 0.141 e. The molecule has 2 atom stereocenters. The van der Waals surface area contributed by atoms with Gasteiger partial charge in [-0.05, 0) is 166 Å². The van der Waals surface area contributed by atoms with Crippen LogP contribution in [-0.2, 0) is 16.2 Å². The van der Waals surface area contributed by atoms with Crippen molar-refractivity contribution in [3.8, 4) is 22.3 Å². The highest BCUT2D eigenvalue weighted by atomic mass is 32.1. The van der Waals surface area contributed by atoms with Crippen molar-refractivity contribution in [2.75, 3.05) is 9.80 Å². The van der Waals surface area contributed by atoms with Gasteiger partial charge in [0.15, 0.2) is 0 Å². The average Bonchev–Trinajstić information content (AvgIpc) is 1.54. The lowest BCUT2D eigenvalue weighted by Gasteiger charge is -2.42. The second kappa shape index (κ2) is 21.3. The largest absolute Gasteiger partial charge is 0.456 e. The van der Waals surface area contributed by atoms with E-state index >= 15 is 8.78 Å². The predicted molar refractivity (Wildman–Crippen MR) is 369 cm³/mol. The first-order chi connectivity index (χ1) is 43.0. The van der Waals surface area contributed by atoms with E-state index in [0.29, 0.717) is 11.1 Å². The SMILES string of the molecule is Cc1ccc(N(C2=CC3C(c4c2sc2ccccc42)c2c(cc(N(c4ccc(C(C)(C)C)cc4)c4ccc(C)cc4-c4ccccc4)c4c2oc2ccccc24)C3(c2cccc(F)c2)c2cccc(F)c2)c2ccc(C(C)(C)C)cc2)c(-c2ccccc2)c1. The van der Waals surface area contributed by atoms with Crippen LogP contribution < -0.4 is 9.80 Å². The summed E-state index contributed by atoms with van der Waals surface area (Å²) < 4.78 is 42.9. The van der Waals surface area contributed by atoms with E-state index in [1.165, 1.54) is 23.3 Å². The second-order valence-electron chi connectivity index (χ2n) is 26.4. The minimum Gasteiger partial charge on any atom is -0.456 e. The summed E-state index contributed by atoms with van der Waals surface area (Å²) in [6.45, 7) is 17.8. The number of anilines is 5. The zero-order chi connectivity index (χ0) is 61.1. The molecule has 13 aromatic rings. The van der Waals surface area contributed by atoms with Gasteiger partial charge in [0.2, 0.25) is 0 Å². The monoisotopic (exact) mass is 1180 g/mol. The smallest absolute Gasteiger partial charge is 0.141 e. The van der Waals surface area contributed by atoms with E-state index < -0.39 is 17.3 Å². The second-order valence-corrected chi connectivity index (χ2v) is 27.5. The van der Waals surface area contributed by atoms with Gasteiger partial charge in [-0.2, -0.15) is 0 Å². The normalized spacial score (nSPS) is 15.2. The fourth-order valence-electron chi connectivity index (χ4n) is 14.6. The number of thiophene rings is 1. The molecule has 3 nitrogen and oxygen atoms in total. The van der Waals surface area contributed by atoms with Crippen molar-refractivity contribution in [2.24, 2.45) is 5.92 Å². The molecule has 2 aromatic heterocycles. The molecule has 2 aliphatic rings. The zero-order valence-corrected chi connectivity index (χ0v) is 52.2. The molecule has 6 heteroatoms. The van der Waals surface area contributed by atoms with Crippen LogP contribution in [0.25, 0.3) is 60.0 Å². The highest BCUT2D eigenvalue weighted by molar-refractivity contribution is 7.20. The van der Waals surface area contributed by atoms with E-state index in [1.807, 2.05) is 18.2 Å². The van der Waals surface area contributed by atoms with Crippen LogP contribution in [0.2, 0.25) is 0 Å². The summed E-state index contributed by atoms with van der Waals surface area (Å²) in [5.41, 5.74) is 19.3. The molecule has 0 N–H and O–H groups in total. The number of fused-ring (bicyclic) bond motifs is 11. The third-order valence-corrected chi connectivity index (χ3v) is 20.0. The first kappa shape index (κ1) is 55.9. The van der Waals surface area contributed by atoms with E-state index in [4.69, 9.17) is 4.42 Å². The maximum atomic E-state index is 17.1. The zero-order valence-electron chi connectivity index (χ0n) is 51.4. The fraction of sp³-hybridized carbons (Fsp3) is 0.157. The van der Waals surface area contributed by atoms with Crippen molar-refractivity contribution in [3.63, 3.8) is 0 Å². The van der Waals surface area contributed by atoms with E-state index in [0.717, 1.165) is 121 Å². The van der Waals surface area contributed by atoms with Gasteiger partial charge in [-0.1, -0.05) is 216 Å². The summed E-state index contributed by atoms with van der Waals surface area (Å²) in [7, 11) is 0. The molecule has 0 radical (unpaired) electrons. The van der Waals surface area contributed by atoms with Crippen LogP contribution in [0.4, 0.5) is 37.2 Å². The number of nitrogens with zero attached hydrogens (tertiary/aromatic N) is 2. The highest BCUT2D eigenvalue weighted by Crippen LogP contribution is 2.68. The molecule has 0 bridgehead atoms. The van der Waals surface area contributed by atoms with Crippen LogP contribution in [0.15, 0.2) is 259 Å². The Morgan fingerprint density at radius 2 is 0.966 bits per heavy atom. The van der Waals surface area contributed by atoms with E-state index in [-0.39, 0.29) is 22.5 Å². The molecule has 2 unspecified atom stereocenters. The highest BCUT2D eigenvalue weighted by Gasteiger charge is 2.59. The van der Waals surface area contributed by atoms with Gasteiger partial charge in [0.1, 0.15) is 22.8 Å². The predicted octanol–water partition coefficient (Wildman–Crippen LogP) is 23.4. The summed E-state index contributed by atoms with van der Waals surface area (Å²) in [4.78, 5) is 6.01. The summed E-state index contributed by atoms with van der Waals surface area (Å²) in [5.74, 6) is -1.68. The number of furan rings is 1. The summed E-state index contributed by atoms with van der Waals surface area (Å²) >= 11 is 1.81. The standard InChI is InChI=1S/C83H68F2N2OS/c1-51-33-43-69(65(45-51)53-21-11-9-12-22-53)86(61-39-35-55(36-40-61)81(3,4)5)71-49-68-78(79-75(71)63-29-15-17-31-73(63)88-79)77-67(83(68,57-25-19-27-59(84)47-57)58-26-20-28-60(85)48-58)50-72(80-76(77)64-30-16-18-32-74(64)89-80)87(62-41-37-56(38-42-62)82(6,7)8)70-44-34-52(2)46-66(70)54-23-13-10-14-24-54/h9-50,67,77H,1-8H3. The lowest BCUT2D eigenvalue weighted by atomic mass is 9.61. The lowest BCUT2D eigenvalue weighted by molar-refractivity contribution is 0.446. The third-order valence-electron chi connectivity index (χ3n) is 18.8. The van der Waals surface area contributed by atoms with Crippen molar-refractivity contribution < 1.29 is 13.2 Å². The average molecular weight is 1180 g/mol. The number of rotatable bonds is 10. The van der Waals surface area contributed by atoms with Crippen molar-refractivity contribution in [1.82, 2.24) is 0 Å². The molecule has 0 fully saturated rings. The molecule has 2 heterocycles. The van der Waals surface area contributed by atoms with E-state index in [2.05, 4.69) is 278 Å². The molecule has 2 aliphatic carbocycles. The number of halogens is 2. The van der Waals surface area contributed by atoms with Crippen molar-refractivity contribution in [1.29, 1.82) is 0 Å². The Morgan fingerprint density at radius 3 is 1.52 bits per heavy atom. The topological polar surface area (TPSA) is 19.6 Å². The molecule has 0 saturated carbocycles. The summed E-state index contributed by atoms with van der Waals surface area (Å²) in [6.07, 6.45) is 2.48. The van der Waals surface area contributed by atoms with Gasteiger partial charge in [-0.3, -0.25) is 0 Å². The van der Waals surface area contributed by atoms with Crippen LogP contribution >= 0.6 is 11.3 Å². The van der Waals surface area contributed by atoms with Gasteiger partial charge in [0, 0.05) is 50.0 Å². The van der Waals surface area contributed by atoms with Gasteiger partial charge < -0.3 is 14.2 Å². The maximum absolute atomic E-state index is 17.1. The molecule has 0 spiro atoms. The number of aryl methyl sites for hydroxylation is 2. The van der Waals surface area contributed by atoms with Crippen LogP contribution in [0, 0.1) is 31.4 Å². The summed E-state index contributed by atoms with van der Waals surface area (Å²) in [6, 6.07) is 86.7. The van der Waals surface area contributed by atoms with Crippen LogP contribution in [0.5, 0.6) is 0 Å². The van der Waals surface area contributed by atoms with Crippen molar-refractivity contribution >= 4 is 77.5 Å². The van der Waals surface area contributed by atoms with Gasteiger partial charge in [-0.15, -0.1) is 11.3 Å². The molecule has 11 aromatic carbocycles. The first-order valence-corrected chi connectivity index (χ1v) is 31.7. The molecule has 436 valence electrons. The fourth-order valence-corrected chi connectivity index (χ4v) is 15.9. The van der Waals surface area contributed by atoms with Crippen molar-refractivity contribution in [2.45, 2.75) is 77.6 Å². The minimum absolute atomic E-state index is 0.0988. The van der Waals surface area contributed by atoms with E-state index in [9.17, 15) is 0 Å². The third kappa shape index (κ3) is 9.25. The molecule has 0 saturated heterocycles. The molecular weight excluding hydrogens is 1110 g/mol. The van der Waals surface area contributed by atoms with Gasteiger partial charge >= 0.3 is 0 Å². The van der Waals surface area contributed by atoms with Gasteiger partial charge in [0.05, 0.1) is 38.4 Å². The Labute approximate surface area is 524 Å². The number of hydrogen-bond acceptors (Lipinski definition) is 4. The number of hydrogen-bond donors (Lipinski definition) is 0. The molecule has 0 amide bonds. The molecule has 0 aliphatic heterocycles. The van der Waals surface area contributed by atoms with Crippen molar-refractivity contribution in [3.05, 3.63) is 321 Å². The first-order valence-electron chi connectivity index (χ1n) is 30.9. The Hall–Kier alpha value is -9.62. The Morgan fingerprint density at radius 1 is 0.461 bits per heavy atom. The van der Waals surface area contributed by atoms with Crippen LogP contribution in [0.3, 0.4) is 0 Å². The number of benzene rings is 11. The molecule has 15 rings (SSSR count). The van der Waals surface area contributed by atoms with Gasteiger partial charge in [0.25, 0.3) is 0 Å². The Kier molecular flexibility index (Phi) is 13.4. The minimum atomic E-state index is -1.27. The van der Waals surface area contributed by atoms with Gasteiger partial charge in [-0.25, -0.2) is 8.78 Å². The quantitative estimate of drug-likeness (QED) is 0.136. The van der Waals surface area contributed by atoms with Crippen LogP contribution in [0.1, 0.15) is 102 Å². The van der Waals surface area contributed by atoms with E-state index in [1.54, 1.807) is 23.5 Å². The number of allylic oxidation sites excluding steroid dienone is 1. The Bertz CT molecular complexity index is 4880.